The molecule has 6 nitrogen and oxygen atoms in total. The second-order valence-corrected chi connectivity index (χ2v) is 6.61. The molecule has 1 fully saturated rings. The van der Waals surface area contributed by atoms with Gasteiger partial charge in [-0.3, -0.25) is 9.69 Å². The van der Waals surface area contributed by atoms with E-state index in [-0.39, 0.29) is 18.8 Å². The van der Waals surface area contributed by atoms with Gasteiger partial charge in [-0.05, 0) is 12.1 Å². The normalized spacial score (nSPS) is 21.9. The van der Waals surface area contributed by atoms with Crippen LogP contribution in [0, 0.1) is 5.41 Å². The molecule has 0 bridgehead atoms. The van der Waals surface area contributed by atoms with Crippen molar-refractivity contribution in [3.63, 3.8) is 0 Å². The zero-order chi connectivity index (χ0) is 18.3. The number of ether oxygens (including phenoxy) is 1. The Labute approximate surface area is 136 Å². The fraction of sp³-hybridized carbons (Fsp3) is 0.533. The third kappa shape index (κ3) is 3.02. The molecule has 0 saturated carbocycles. The number of hydrogen-bond acceptors (Lipinski definition) is 4. The molecule has 1 aromatic rings. The molecule has 2 rings (SSSR count). The van der Waals surface area contributed by atoms with Gasteiger partial charge in [0.05, 0.1) is 5.56 Å². The monoisotopic (exact) mass is 345 g/mol. The fourth-order valence-corrected chi connectivity index (χ4v) is 2.77. The number of nitrogens with two attached hydrogens (primary N) is 1. The maximum atomic E-state index is 12.8. The smallest absolute Gasteiger partial charge is 0.416 e. The standard InChI is InChI=1S/C15H18F3N3O3/c1-13(2,3)14(24-12(19)23)5-7-21(11(14)22)10-8-9(4-6-20-10)15(16,17)18/h4,6,8H,5,7H2,1-3H3,(H2,19,23). The van der Waals surface area contributed by atoms with Crippen molar-refractivity contribution in [2.75, 3.05) is 11.4 Å². The number of primary amides is 1. The summed E-state index contributed by atoms with van der Waals surface area (Å²) in [5, 5.41) is 0. The van der Waals surface area contributed by atoms with Gasteiger partial charge in [0.2, 0.25) is 0 Å². The van der Waals surface area contributed by atoms with Gasteiger partial charge in [0, 0.05) is 24.6 Å². The van der Waals surface area contributed by atoms with E-state index in [2.05, 4.69) is 4.98 Å². The van der Waals surface area contributed by atoms with Crippen LogP contribution in [0.4, 0.5) is 23.8 Å². The highest BCUT2D eigenvalue weighted by atomic mass is 19.4. The summed E-state index contributed by atoms with van der Waals surface area (Å²) in [5.41, 5.74) is 1.83. The molecule has 9 heteroatoms. The predicted octanol–water partition coefficient (Wildman–Crippen LogP) is 2.72. The summed E-state index contributed by atoms with van der Waals surface area (Å²) in [5.74, 6) is -0.783. The van der Waals surface area contributed by atoms with Crippen LogP contribution in [0.3, 0.4) is 0 Å². The van der Waals surface area contributed by atoms with E-state index in [9.17, 15) is 22.8 Å². The van der Waals surface area contributed by atoms with Crippen LogP contribution in [0.25, 0.3) is 0 Å². The van der Waals surface area contributed by atoms with Crippen LogP contribution < -0.4 is 10.6 Å². The number of nitrogens with zero attached hydrogens (tertiary/aromatic N) is 2. The van der Waals surface area contributed by atoms with E-state index < -0.39 is 34.8 Å². The average Bonchev–Trinajstić information content (AvgIpc) is 2.75. The van der Waals surface area contributed by atoms with Crippen LogP contribution in [-0.4, -0.2) is 29.1 Å². The van der Waals surface area contributed by atoms with Crippen molar-refractivity contribution in [1.82, 2.24) is 4.98 Å². The molecular formula is C15H18F3N3O3. The lowest BCUT2D eigenvalue weighted by molar-refractivity contribution is -0.144. The summed E-state index contributed by atoms with van der Waals surface area (Å²) in [4.78, 5) is 29.0. The Morgan fingerprint density at radius 1 is 1.38 bits per heavy atom. The van der Waals surface area contributed by atoms with E-state index >= 15 is 0 Å². The first-order chi connectivity index (χ1) is 10.9. The minimum atomic E-state index is -4.55. The summed E-state index contributed by atoms with van der Waals surface area (Å²) in [6.45, 7) is 5.14. The number of hydrogen-bond donors (Lipinski definition) is 1. The molecule has 1 aliphatic rings. The lowest BCUT2D eigenvalue weighted by atomic mass is 9.75. The summed E-state index contributed by atoms with van der Waals surface area (Å²) in [6.07, 6.45) is -4.57. The number of alkyl halides is 3. The first-order valence-corrected chi connectivity index (χ1v) is 7.22. The Kier molecular flexibility index (Phi) is 4.24. The molecule has 0 aliphatic carbocycles. The molecule has 1 aromatic heterocycles. The zero-order valence-corrected chi connectivity index (χ0v) is 13.5. The number of anilines is 1. The summed E-state index contributed by atoms with van der Waals surface area (Å²) < 4.78 is 43.7. The van der Waals surface area contributed by atoms with Crippen molar-refractivity contribution in [1.29, 1.82) is 0 Å². The first kappa shape index (κ1) is 18.0. The van der Waals surface area contributed by atoms with Crippen LogP contribution in [-0.2, 0) is 15.7 Å². The number of rotatable bonds is 2. The van der Waals surface area contributed by atoms with Crippen molar-refractivity contribution < 1.29 is 27.5 Å². The third-order valence-electron chi connectivity index (χ3n) is 4.11. The van der Waals surface area contributed by atoms with E-state index in [1.165, 1.54) is 0 Å². The zero-order valence-electron chi connectivity index (χ0n) is 13.5. The molecule has 1 atom stereocenters. The van der Waals surface area contributed by atoms with E-state index in [1.54, 1.807) is 20.8 Å². The van der Waals surface area contributed by atoms with Crippen LogP contribution >= 0.6 is 0 Å². The maximum absolute atomic E-state index is 12.8. The van der Waals surface area contributed by atoms with Gasteiger partial charge in [0.1, 0.15) is 5.82 Å². The first-order valence-electron chi connectivity index (χ1n) is 7.22. The number of carbonyl (C=O) groups is 2. The van der Waals surface area contributed by atoms with Gasteiger partial charge >= 0.3 is 12.3 Å². The molecule has 1 unspecified atom stereocenters. The molecule has 2 amide bonds. The van der Waals surface area contributed by atoms with E-state index in [0.717, 1.165) is 23.2 Å². The van der Waals surface area contributed by atoms with Crippen LogP contribution in [0.2, 0.25) is 0 Å². The van der Waals surface area contributed by atoms with Crippen LogP contribution in [0.5, 0.6) is 0 Å². The molecular weight excluding hydrogens is 327 g/mol. The van der Waals surface area contributed by atoms with E-state index in [4.69, 9.17) is 10.5 Å². The number of pyridine rings is 1. The summed E-state index contributed by atoms with van der Waals surface area (Å²) in [6, 6.07) is 1.61. The Hall–Kier alpha value is -2.32. The van der Waals surface area contributed by atoms with Gasteiger partial charge < -0.3 is 10.5 Å². The van der Waals surface area contributed by atoms with Crippen molar-refractivity contribution in [3.05, 3.63) is 23.9 Å². The topological polar surface area (TPSA) is 85.5 Å². The SMILES string of the molecule is CC(C)(C)C1(OC(N)=O)CCN(c2cc(C(F)(F)F)ccn2)C1=O. The van der Waals surface area contributed by atoms with Crippen molar-refractivity contribution in [2.45, 2.75) is 39.0 Å². The Morgan fingerprint density at radius 3 is 2.50 bits per heavy atom. The Balaban J connectivity index is 2.42. The molecule has 2 N–H and O–H groups in total. The Morgan fingerprint density at radius 2 is 2.00 bits per heavy atom. The summed E-state index contributed by atoms with van der Waals surface area (Å²) in [7, 11) is 0. The highest BCUT2D eigenvalue weighted by Crippen LogP contribution is 2.43. The minimum absolute atomic E-state index is 0.0672. The average molecular weight is 345 g/mol. The van der Waals surface area contributed by atoms with Crippen molar-refractivity contribution in [2.24, 2.45) is 11.1 Å². The van der Waals surface area contributed by atoms with Gasteiger partial charge in [-0.1, -0.05) is 20.8 Å². The van der Waals surface area contributed by atoms with Gasteiger partial charge in [-0.2, -0.15) is 13.2 Å². The highest BCUT2D eigenvalue weighted by molar-refractivity contribution is 6.02. The lowest BCUT2D eigenvalue weighted by Crippen LogP contribution is -2.54. The molecule has 1 aliphatic heterocycles. The molecule has 0 spiro atoms. The lowest BCUT2D eigenvalue weighted by Gasteiger charge is -2.38. The van der Waals surface area contributed by atoms with Gasteiger partial charge in [-0.25, -0.2) is 9.78 Å². The number of amides is 2. The van der Waals surface area contributed by atoms with Crippen LogP contribution in [0.1, 0.15) is 32.8 Å². The maximum Gasteiger partial charge on any atom is 0.416 e. The fourth-order valence-electron chi connectivity index (χ4n) is 2.77. The third-order valence-corrected chi connectivity index (χ3v) is 4.11. The largest absolute Gasteiger partial charge is 0.432 e. The van der Waals surface area contributed by atoms with Gasteiger partial charge in [0.15, 0.2) is 5.60 Å². The second-order valence-electron chi connectivity index (χ2n) is 6.61. The predicted molar refractivity (Wildman–Crippen MR) is 79.1 cm³/mol. The minimum Gasteiger partial charge on any atom is -0.432 e. The molecule has 0 aromatic carbocycles. The Bertz CT molecular complexity index is 670. The van der Waals surface area contributed by atoms with E-state index in [1.807, 2.05) is 0 Å². The highest BCUT2D eigenvalue weighted by Gasteiger charge is 2.58. The van der Waals surface area contributed by atoms with Crippen LogP contribution in [0.15, 0.2) is 18.3 Å². The molecule has 24 heavy (non-hydrogen) atoms. The molecule has 1 saturated heterocycles. The van der Waals surface area contributed by atoms with E-state index in [0.29, 0.717) is 0 Å². The van der Waals surface area contributed by atoms with Crippen molar-refractivity contribution >= 4 is 17.8 Å². The number of aromatic nitrogens is 1. The number of carbonyl (C=O) groups excluding carboxylic acids is 2. The second kappa shape index (κ2) is 5.64. The van der Waals surface area contributed by atoms with Gasteiger partial charge in [-0.15, -0.1) is 0 Å². The van der Waals surface area contributed by atoms with Gasteiger partial charge in [0.25, 0.3) is 5.91 Å². The molecule has 132 valence electrons. The van der Waals surface area contributed by atoms with Crippen molar-refractivity contribution in [3.8, 4) is 0 Å². The number of halogens is 3. The summed E-state index contributed by atoms with van der Waals surface area (Å²) >= 11 is 0. The quantitative estimate of drug-likeness (QED) is 0.893. The molecule has 2 heterocycles. The molecule has 0 radical (unpaired) electrons.